The van der Waals surface area contributed by atoms with Crippen LogP contribution in [-0.2, 0) is 6.42 Å². The lowest BCUT2D eigenvalue weighted by Crippen LogP contribution is -2.02. The molecule has 4 rings (SSSR count). The van der Waals surface area contributed by atoms with Crippen molar-refractivity contribution in [2.24, 2.45) is 5.92 Å². The van der Waals surface area contributed by atoms with Crippen LogP contribution in [0, 0.1) is 18.7 Å². The van der Waals surface area contributed by atoms with E-state index in [0.29, 0.717) is 22.1 Å². The number of hydrogen-bond acceptors (Lipinski definition) is 2. The van der Waals surface area contributed by atoms with Crippen LogP contribution in [0.5, 0.6) is 0 Å². The van der Waals surface area contributed by atoms with Gasteiger partial charge in [0.25, 0.3) is 5.92 Å². The predicted molar refractivity (Wildman–Crippen MR) is 84.9 cm³/mol. The zero-order chi connectivity index (χ0) is 17.1. The number of fused-ring (bicyclic) bond motifs is 1. The monoisotopic (exact) mass is 351 g/mol. The molecule has 0 aliphatic heterocycles. The Morgan fingerprint density at radius 1 is 1.25 bits per heavy atom. The highest BCUT2D eigenvalue weighted by atomic mass is 35.5. The van der Waals surface area contributed by atoms with E-state index in [4.69, 9.17) is 11.6 Å². The molecule has 0 radical (unpaired) electrons. The van der Waals surface area contributed by atoms with Crippen LogP contribution in [0.4, 0.5) is 13.2 Å². The lowest BCUT2D eigenvalue weighted by molar-refractivity contribution is 0.0984. The maximum atomic E-state index is 13.3. The van der Waals surface area contributed by atoms with Gasteiger partial charge >= 0.3 is 0 Å². The number of halogens is 4. The second kappa shape index (κ2) is 5.21. The third-order valence-corrected chi connectivity index (χ3v) is 4.83. The van der Waals surface area contributed by atoms with Gasteiger partial charge in [0, 0.05) is 30.5 Å². The first kappa shape index (κ1) is 15.4. The molecule has 7 heteroatoms. The Morgan fingerprint density at radius 2 is 2.00 bits per heavy atom. The first-order valence-electron chi connectivity index (χ1n) is 7.53. The number of hydrogen-bond donors (Lipinski definition) is 0. The highest BCUT2D eigenvalue weighted by Gasteiger charge is 2.56. The van der Waals surface area contributed by atoms with E-state index in [2.05, 4.69) is 10.2 Å². The summed E-state index contributed by atoms with van der Waals surface area (Å²) in [6.45, 7) is 1.79. The average Bonchev–Trinajstić information content (AvgIpc) is 2.91. The van der Waals surface area contributed by atoms with Crippen molar-refractivity contribution in [2.75, 3.05) is 0 Å². The fourth-order valence-electron chi connectivity index (χ4n) is 2.96. The highest BCUT2D eigenvalue weighted by Crippen LogP contribution is 2.50. The summed E-state index contributed by atoms with van der Waals surface area (Å²) < 4.78 is 41.2. The summed E-state index contributed by atoms with van der Waals surface area (Å²) in [6.07, 6.45) is 1.77. The molecule has 0 saturated heterocycles. The van der Waals surface area contributed by atoms with Gasteiger partial charge < -0.3 is 0 Å². The minimum Gasteiger partial charge on any atom is -0.285 e. The molecule has 124 valence electrons. The highest BCUT2D eigenvalue weighted by molar-refractivity contribution is 6.36. The second-order valence-corrected chi connectivity index (χ2v) is 6.56. The van der Waals surface area contributed by atoms with Crippen LogP contribution in [0.1, 0.15) is 17.8 Å². The van der Waals surface area contributed by atoms with Gasteiger partial charge in [0.2, 0.25) is 0 Å². The van der Waals surface area contributed by atoms with Crippen LogP contribution in [-0.4, -0.2) is 20.5 Å². The van der Waals surface area contributed by atoms with Crippen LogP contribution in [0.25, 0.3) is 16.8 Å². The fraction of sp³-hybridized carbons (Fsp3) is 0.294. The summed E-state index contributed by atoms with van der Waals surface area (Å²) in [4.78, 5) is 0. The normalized spacial score (nSPS) is 19.0. The van der Waals surface area contributed by atoms with E-state index in [1.165, 1.54) is 12.1 Å². The van der Waals surface area contributed by atoms with E-state index in [-0.39, 0.29) is 18.7 Å². The SMILES string of the molecule is Cc1cc(F)ccc1-c1ccn2c(CC3CC3(F)F)nnc2c1Cl. The Bertz CT molecular complexity index is 952. The molecule has 24 heavy (non-hydrogen) atoms. The smallest absolute Gasteiger partial charge is 0.252 e. The molecule has 3 aromatic rings. The van der Waals surface area contributed by atoms with E-state index in [0.717, 1.165) is 11.1 Å². The topological polar surface area (TPSA) is 30.2 Å². The molecule has 1 saturated carbocycles. The van der Waals surface area contributed by atoms with Gasteiger partial charge in [-0.3, -0.25) is 4.40 Å². The van der Waals surface area contributed by atoms with Crippen LogP contribution >= 0.6 is 11.6 Å². The van der Waals surface area contributed by atoms with Crippen LogP contribution in [0.2, 0.25) is 5.02 Å². The first-order valence-corrected chi connectivity index (χ1v) is 7.91. The molecular weight excluding hydrogens is 339 g/mol. The van der Waals surface area contributed by atoms with Crippen LogP contribution < -0.4 is 0 Å². The van der Waals surface area contributed by atoms with Gasteiger partial charge in [0.15, 0.2) is 5.65 Å². The van der Waals surface area contributed by atoms with Gasteiger partial charge in [-0.1, -0.05) is 17.7 Å². The fourth-order valence-corrected chi connectivity index (χ4v) is 3.25. The number of nitrogens with zero attached hydrogens (tertiary/aromatic N) is 3. The van der Waals surface area contributed by atoms with Crippen molar-refractivity contribution >= 4 is 17.2 Å². The standard InChI is InChI=1S/C17H13ClF3N3/c1-9-6-11(19)2-3-12(9)13-4-5-24-14(7-10-8-17(10,20)21)22-23-16(24)15(13)18/h2-6,10H,7-8H2,1H3. The molecule has 3 nitrogen and oxygen atoms in total. The molecule has 1 aromatic carbocycles. The maximum Gasteiger partial charge on any atom is 0.252 e. The number of aromatic nitrogens is 3. The third-order valence-electron chi connectivity index (χ3n) is 4.45. The molecule has 0 N–H and O–H groups in total. The minimum absolute atomic E-state index is 0.109. The zero-order valence-corrected chi connectivity index (χ0v) is 13.5. The lowest BCUT2D eigenvalue weighted by atomic mass is 10.0. The van der Waals surface area contributed by atoms with Crippen molar-refractivity contribution < 1.29 is 13.2 Å². The molecular formula is C17H13ClF3N3. The molecule has 1 fully saturated rings. The average molecular weight is 352 g/mol. The first-order chi connectivity index (χ1) is 11.4. The molecule has 2 aromatic heterocycles. The van der Waals surface area contributed by atoms with Gasteiger partial charge in [-0.2, -0.15) is 0 Å². The van der Waals surface area contributed by atoms with Gasteiger partial charge in [0.05, 0.1) is 5.02 Å². The van der Waals surface area contributed by atoms with Gasteiger partial charge in [-0.15, -0.1) is 10.2 Å². The molecule has 1 atom stereocenters. The predicted octanol–water partition coefficient (Wildman–Crippen LogP) is 4.69. The van der Waals surface area contributed by atoms with Gasteiger partial charge in [-0.05, 0) is 36.2 Å². The molecule has 1 unspecified atom stereocenters. The van der Waals surface area contributed by atoms with Crippen molar-refractivity contribution in [2.45, 2.75) is 25.7 Å². The Hall–Kier alpha value is -2.08. The maximum absolute atomic E-state index is 13.3. The van der Waals surface area contributed by atoms with E-state index in [1.54, 1.807) is 29.7 Å². The lowest BCUT2D eigenvalue weighted by Gasteiger charge is -2.09. The Morgan fingerprint density at radius 3 is 2.67 bits per heavy atom. The third kappa shape index (κ3) is 2.45. The zero-order valence-electron chi connectivity index (χ0n) is 12.7. The van der Waals surface area contributed by atoms with E-state index >= 15 is 0 Å². The summed E-state index contributed by atoms with van der Waals surface area (Å²) in [7, 11) is 0. The van der Waals surface area contributed by atoms with Crippen LogP contribution in [0.3, 0.4) is 0 Å². The Kier molecular flexibility index (Phi) is 3.35. The summed E-state index contributed by atoms with van der Waals surface area (Å²) in [5, 5.41) is 8.42. The molecule has 1 aliphatic carbocycles. The quantitative estimate of drug-likeness (QED) is 0.685. The second-order valence-electron chi connectivity index (χ2n) is 6.18. The van der Waals surface area contributed by atoms with Crippen LogP contribution in [0.15, 0.2) is 30.5 Å². The van der Waals surface area contributed by atoms with Gasteiger partial charge in [0.1, 0.15) is 11.6 Å². The van der Waals surface area contributed by atoms with Gasteiger partial charge in [-0.25, -0.2) is 13.2 Å². The Balaban J connectivity index is 1.76. The molecule has 0 spiro atoms. The summed E-state index contributed by atoms with van der Waals surface area (Å²) >= 11 is 6.44. The molecule has 2 heterocycles. The van der Waals surface area contributed by atoms with Crippen molar-refractivity contribution in [3.63, 3.8) is 0 Å². The van der Waals surface area contributed by atoms with Crippen molar-refractivity contribution in [3.05, 3.63) is 52.7 Å². The molecule has 0 bridgehead atoms. The number of alkyl halides is 2. The molecule has 1 aliphatic rings. The summed E-state index contributed by atoms with van der Waals surface area (Å²) in [6, 6.07) is 6.23. The van der Waals surface area contributed by atoms with Crippen molar-refractivity contribution in [1.82, 2.24) is 14.6 Å². The van der Waals surface area contributed by atoms with E-state index in [9.17, 15) is 13.2 Å². The largest absolute Gasteiger partial charge is 0.285 e. The Labute approximate surface area is 141 Å². The summed E-state index contributed by atoms with van der Waals surface area (Å²) in [5.41, 5.74) is 2.66. The number of benzene rings is 1. The van der Waals surface area contributed by atoms with E-state index < -0.39 is 11.8 Å². The number of pyridine rings is 1. The number of aryl methyl sites for hydroxylation is 1. The molecule has 0 amide bonds. The van der Waals surface area contributed by atoms with E-state index in [1.807, 2.05) is 0 Å². The summed E-state index contributed by atoms with van der Waals surface area (Å²) in [5.74, 6) is -3.12. The minimum atomic E-state index is -2.60. The van der Waals surface area contributed by atoms with Crippen molar-refractivity contribution in [3.8, 4) is 11.1 Å². The number of rotatable bonds is 3. The van der Waals surface area contributed by atoms with Crippen molar-refractivity contribution in [1.29, 1.82) is 0 Å².